The topological polar surface area (TPSA) is 59.2 Å². The van der Waals surface area contributed by atoms with Crippen LogP contribution in [0.3, 0.4) is 0 Å². The molecule has 6 heteroatoms. The number of halogens is 2. The van der Waals surface area contributed by atoms with Crippen molar-refractivity contribution >= 4 is 27.5 Å². The molecule has 1 heterocycles. The molecule has 0 fully saturated rings. The van der Waals surface area contributed by atoms with Crippen LogP contribution in [0.25, 0.3) is 11.5 Å². The highest BCUT2D eigenvalue weighted by atomic mass is 79.9. The van der Waals surface area contributed by atoms with Crippen LogP contribution in [-0.2, 0) is 6.61 Å². The second-order valence-corrected chi connectivity index (χ2v) is 4.09. The van der Waals surface area contributed by atoms with Crippen molar-refractivity contribution in [2.75, 3.05) is 0 Å². The van der Waals surface area contributed by atoms with Crippen LogP contribution in [0.1, 0.15) is 5.82 Å². The minimum atomic E-state index is -0.241. The molecule has 15 heavy (non-hydrogen) atoms. The van der Waals surface area contributed by atoms with Gasteiger partial charge in [0.15, 0.2) is 5.82 Å². The van der Waals surface area contributed by atoms with Gasteiger partial charge in [-0.3, -0.25) is 0 Å². The monoisotopic (exact) mass is 288 g/mol. The molecule has 1 N–H and O–H groups in total. The molecule has 0 aliphatic heterocycles. The molecule has 4 nitrogen and oxygen atoms in total. The van der Waals surface area contributed by atoms with Crippen molar-refractivity contribution in [3.8, 4) is 11.5 Å². The van der Waals surface area contributed by atoms with Crippen LogP contribution in [0, 0.1) is 0 Å². The van der Waals surface area contributed by atoms with E-state index in [9.17, 15) is 0 Å². The van der Waals surface area contributed by atoms with E-state index in [1.807, 2.05) is 0 Å². The quantitative estimate of drug-likeness (QED) is 0.923. The second-order valence-electron chi connectivity index (χ2n) is 2.80. The second kappa shape index (κ2) is 4.30. The van der Waals surface area contributed by atoms with Gasteiger partial charge in [-0.05, 0) is 34.1 Å². The number of nitrogens with zero attached hydrogens (tertiary/aromatic N) is 2. The molecule has 0 radical (unpaired) electrons. The van der Waals surface area contributed by atoms with Gasteiger partial charge in [-0.15, -0.1) is 0 Å². The lowest BCUT2D eigenvalue weighted by Crippen LogP contribution is -1.85. The lowest BCUT2D eigenvalue weighted by Gasteiger charge is -1.98. The summed E-state index contributed by atoms with van der Waals surface area (Å²) in [5.41, 5.74) is 0.742. The van der Waals surface area contributed by atoms with E-state index in [-0.39, 0.29) is 12.4 Å². The molecule has 0 atom stereocenters. The molecular weight excluding hydrogens is 283 g/mol. The van der Waals surface area contributed by atoms with Crippen LogP contribution in [-0.4, -0.2) is 15.2 Å². The lowest BCUT2D eigenvalue weighted by atomic mass is 10.2. The maximum Gasteiger partial charge on any atom is 0.259 e. The van der Waals surface area contributed by atoms with Crippen LogP contribution in [0.4, 0.5) is 0 Å². The van der Waals surface area contributed by atoms with E-state index in [2.05, 4.69) is 26.1 Å². The smallest absolute Gasteiger partial charge is 0.259 e. The van der Waals surface area contributed by atoms with Crippen LogP contribution < -0.4 is 0 Å². The standard InChI is InChI=1S/C9H6BrClN2O2/c10-7-3-5(11)1-2-6(7)9-12-8(4-14)13-15-9/h1-3,14H,4H2. The summed E-state index contributed by atoms with van der Waals surface area (Å²) in [5.74, 6) is 0.606. The van der Waals surface area contributed by atoms with Crippen molar-refractivity contribution in [2.24, 2.45) is 0 Å². The first-order valence-corrected chi connectivity index (χ1v) is 5.26. The molecule has 0 saturated carbocycles. The third-order valence-electron chi connectivity index (χ3n) is 1.77. The number of rotatable bonds is 2. The average Bonchev–Trinajstić information content (AvgIpc) is 2.66. The fourth-order valence-electron chi connectivity index (χ4n) is 1.09. The fraction of sp³-hybridized carbons (Fsp3) is 0.111. The average molecular weight is 290 g/mol. The molecule has 0 bridgehead atoms. The molecule has 1 aromatic heterocycles. The van der Waals surface area contributed by atoms with Crippen molar-refractivity contribution in [1.29, 1.82) is 0 Å². The number of benzene rings is 1. The first-order chi connectivity index (χ1) is 7.20. The summed E-state index contributed by atoms with van der Waals surface area (Å²) < 4.78 is 5.73. The predicted octanol–water partition coefficient (Wildman–Crippen LogP) is 2.64. The molecule has 0 unspecified atom stereocenters. The Morgan fingerprint density at radius 1 is 1.47 bits per heavy atom. The Morgan fingerprint density at radius 2 is 2.27 bits per heavy atom. The molecule has 1 aromatic carbocycles. The Balaban J connectivity index is 2.44. The summed E-state index contributed by atoms with van der Waals surface area (Å²) in [6, 6.07) is 5.23. The highest BCUT2D eigenvalue weighted by molar-refractivity contribution is 9.10. The van der Waals surface area contributed by atoms with Crippen LogP contribution in [0.5, 0.6) is 0 Å². The summed E-state index contributed by atoms with van der Waals surface area (Å²) in [7, 11) is 0. The van der Waals surface area contributed by atoms with Crippen LogP contribution in [0.15, 0.2) is 27.2 Å². The van der Waals surface area contributed by atoms with Gasteiger partial charge >= 0.3 is 0 Å². The minimum absolute atomic E-state index is 0.241. The summed E-state index contributed by atoms with van der Waals surface area (Å²) in [5, 5.41) is 13.0. The summed E-state index contributed by atoms with van der Waals surface area (Å²) in [6.07, 6.45) is 0. The zero-order valence-electron chi connectivity index (χ0n) is 7.44. The summed E-state index contributed by atoms with van der Waals surface area (Å²) in [6.45, 7) is -0.241. The number of aliphatic hydroxyl groups is 1. The highest BCUT2D eigenvalue weighted by Gasteiger charge is 2.11. The summed E-state index contributed by atoms with van der Waals surface area (Å²) >= 11 is 9.14. The Morgan fingerprint density at radius 3 is 2.87 bits per heavy atom. The van der Waals surface area contributed by atoms with Crippen molar-refractivity contribution in [3.63, 3.8) is 0 Å². The third-order valence-corrected chi connectivity index (χ3v) is 2.66. The highest BCUT2D eigenvalue weighted by Crippen LogP contribution is 2.29. The zero-order valence-corrected chi connectivity index (χ0v) is 9.79. The van der Waals surface area contributed by atoms with Gasteiger partial charge in [0.05, 0.1) is 5.56 Å². The van der Waals surface area contributed by atoms with Crippen molar-refractivity contribution in [2.45, 2.75) is 6.61 Å². The van der Waals surface area contributed by atoms with Gasteiger partial charge in [-0.25, -0.2) is 0 Å². The first kappa shape index (κ1) is 10.6. The Hall–Kier alpha value is -0.910. The van der Waals surface area contributed by atoms with Gasteiger partial charge in [-0.2, -0.15) is 4.98 Å². The van der Waals surface area contributed by atoms with Gasteiger partial charge in [0, 0.05) is 9.50 Å². The van der Waals surface area contributed by atoms with Crippen LogP contribution >= 0.6 is 27.5 Å². The SMILES string of the molecule is OCc1noc(-c2ccc(Cl)cc2Br)n1. The van der Waals surface area contributed by atoms with Gasteiger partial charge < -0.3 is 9.63 Å². The fourth-order valence-corrected chi connectivity index (χ4v) is 1.94. The van der Waals surface area contributed by atoms with Crippen molar-refractivity contribution < 1.29 is 9.63 Å². The van der Waals surface area contributed by atoms with Gasteiger partial charge in [-0.1, -0.05) is 16.8 Å². The van der Waals surface area contributed by atoms with E-state index in [0.717, 1.165) is 10.0 Å². The molecule has 0 saturated heterocycles. The van der Waals surface area contributed by atoms with Gasteiger partial charge in [0.1, 0.15) is 6.61 Å². The van der Waals surface area contributed by atoms with Crippen molar-refractivity contribution in [3.05, 3.63) is 33.5 Å². The van der Waals surface area contributed by atoms with E-state index >= 15 is 0 Å². The normalized spacial score (nSPS) is 10.6. The van der Waals surface area contributed by atoms with E-state index in [4.69, 9.17) is 21.2 Å². The summed E-state index contributed by atoms with van der Waals surface area (Å²) in [4.78, 5) is 3.99. The Kier molecular flexibility index (Phi) is 3.04. The maximum absolute atomic E-state index is 8.79. The molecule has 0 aliphatic carbocycles. The number of hydrogen-bond donors (Lipinski definition) is 1. The zero-order chi connectivity index (χ0) is 10.8. The lowest BCUT2D eigenvalue weighted by molar-refractivity contribution is 0.264. The molecule has 2 rings (SSSR count). The van der Waals surface area contributed by atoms with Gasteiger partial charge in [0.2, 0.25) is 0 Å². The largest absolute Gasteiger partial charge is 0.388 e. The number of aliphatic hydroxyl groups excluding tert-OH is 1. The Labute approximate surface area is 99.0 Å². The molecule has 0 spiro atoms. The first-order valence-electron chi connectivity index (χ1n) is 4.09. The van der Waals surface area contributed by atoms with E-state index in [0.29, 0.717) is 10.9 Å². The third kappa shape index (κ3) is 2.19. The maximum atomic E-state index is 8.79. The van der Waals surface area contributed by atoms with E-state index < -0.39 is 0 Å². The van der Waals surface area contributed by atoms with Crippen LogP contribution in [0.2, 0.25) is 5.02 Å². The Bertz CT molecular complexity index is 487. The molecular formula is C9H6BrClN2O2. The van der Waals surface area contributed by atoms with Crippen molar-refractivity contribution in [1.82, 2.24) is 10.1 Å². The molecule has 2 aromatic rings. The number of hydrogen-bond acceptors (Lipinski definition) is 4. The van der Waals surface area contributed by atoms with Gasteiger partial charge in [0.25, 0.3) is 5.89 Å². The molecule has 78 valence electrons. The molecule has 0 aliphatic rings. The molecule has 0 amide bonds. The van der Waals surface area contributed by atoms with E-state index in [1.54, 1.807) is 18.2 Å². The minimum Gasteiger partial charge on any atom is -0.388 e. The van der Waals surface area contributed by atoms with E-state index in [1.165, 1.54) is 0 Å². The number of aromatic nitrogens is 2. The predicted molar refractivity (Wildman–Crippen MR) is 58.4 cm³/mol.